The fraction of sp³-hybridized carbons (Fsp3) is 0.262. The molecule has 6 heterocycles. The summed E-state index contributed by atoms with van der Waals surface area (Å²) in [6.07, 6.45) is 4.82. The maximum Gasteiger partial charge on any atom is 0.341 e. The van der Waals surface area contributed by atoms with E-state index in [1.807, 2.05) is 0 Å². The third kappa shape index (κ3) is 13.4. The molecule has 7 aromatic rings. The largest absolute Gasteiger partial charge is 0.481 e. The molecule has 0 aliphatic carbocycles. The number of carbonyl (C=O) groups is 3. The Balaban J connectivity index is 0.000000185. The standard InChI is InChI=1S/C16H18N6O7S2.C15H15ClFN3O3S2.C11H8ClNO3/c1-4-30(24,25)13-14(22-8-6-5-7-10(22)17-13)31(26,27)21-16(23)20-15-18-11(28-2)9-12(19-15)29-3;1-23-13(21)8-24-12-7-11(10(17)6-9(12)16)18-14-19-4-2-3-5-20(19)15(22)25-14;12-8-3-4-9(16-6-10(14)15)11-7(8)2-1-5-13-11/h5-9H,4H2,1-3H3,(H2,18,19,20,21,23);6-7H,2-5,8H2,1H3;1-5H,6H2,(H,14,15). The molecule has 5 aromatic heterocycles. The Hall–Kier alpha value is -6.85. The van der Waals surface area contributed by atoms with Gasteiger partial charge in [0.15, 0.2) is 26.5 Å². The van der Waals surface area contributed by atoms with Crippen LogP contribution in [0.3, 0.4) is 0 Å². The zero-order valence-electron chi connectivity index (χ0n) is 38.1. The number of nitrogens with zero attached hydrogens (tertiary/aromatic N) is 8. The van der Waals surface area contributed by atoms with Crippen molar-refractivity contribution in [3.05, 3.63) is 103 Å². The molecule has 0 spiro atoms. The van der Waals surface area contributed by atoms with Gasteiger partial charge >= 0.3 is 22.8 Å². The molecule has 2 aromatic carbocycles. The lowest BCUT2D eigenvalue weighted by atomic mass is 10.2. The molecule has 2 amide bonds. The van der Waals surface area contributed by atoms with Gasteiger partial charge in [0.05, 0.1) is 48.9 Å². The minimum Gasteiger partial charge on any atom is -0.481 e. The number of carboxylic acid groups (broad SMARTS) is 1. The van der Waals surface area contributed by atoms with Gasteiger partial charge in [-0.05, 0) is 72.7 Å². The number of pyridine rings is 2. The first-order valence-corrected chi connectivity index (χ1v) is 26.4. The van der Waals surface area contributed by atoms with Crippen LogP contribution >= 0.6 is 46.3 Å². The average Bonchev–Trinajstić information content (AvgIpc) is 3.93. The number of sulfone groups is 1. The molecule has 382 valence electrons. The molecule has 3 N–H and O–H groups in total. The van der Waals surface area contributed by atoms with Crippen molar-refractivity contribution in [1.29, 1.82) is 0 Å². The van der Waals surface area contributed by atoms with Crippen LogP contribution in [0.15, 0.2) is 97.8 Å². The van der Waals surface area contributed by atoms with Crippen molar-refractivity contribution in [2.75, 3.05) is 44.8 Å². The highest BCUT2D eigenvalue weighted by Crippen LogP contribution is 2.34. The maximum atomic E-state index is 14.3. The van der Waals surface area contributed by atoms with Crippen LogP contribution in [0, 0.1) is 5.82 Å². The summed E-state index contributed by atoms with van der Waals surface area (Å²) in [5, 5.41) is 10.8. The van der Waals surface area contributed by atoms with E-state index in [2.05, 4.69) is 35.0 Å². The fourth-order valence-corrected chi connectivity index (χ4v) is 11.2. The first kappa shape index (κ1) is 54.5. The Kier molecular flexibility index (Phi) is 18.2. The van der Waals surface area contributed by atoms with Crippen LogP contribution < -0.4 is 33.9 Å². The highest BCUT2D eigenvalue weighted by molar-refractivity contribution is 8.00. The number of carboxylic acids is 1. The molecule has 0 bridgehead atoms. The van der Waals surface area contributed by atoms with Crippen LogP contribution in [0.25, 0.3) is 16.6 Å². The number of carbonyl (C=O) groups excluding carboxylic acids is 2. The molecule has 30 heteroatoms. The van der Waals surface area contributed by atoms with E-state index in [1.165, 1.54) is 58.7 Å². The first-order valence-electron chi connectivity index (χ1n) is 20.7. The van der Waals surface area contributed by atoms with Crippen LogP contribution in [0.4, 0.5) is 20.8 Å². The molecule has 23 nitrogen and oxygen atoms in total. The number of imidazole rings is 1. The van der Waals surface area contributed by atoms with Crippen LogP contribution in [-0.4, -0.2) is 113 Å². The molecular weight excluding hydrogens is 1070 g/mol. The number of halogens is 3. The monoisotopic (exact) mass is 1110 g/mol. The summed E-state index contributed by atoms with van der Waals surface area (Å²) < 4.78 is 90.9. The number of thioether (sulfide) groups is 1. The third-order valence-electron chi connectivity index (χ3n) is 9.65. The van der Waals surface area contributed by atoms with Gasteiger partial charge in [0.1, 0.15) is 28.4 Å². The second kappa shape index (κ2) is 24.0. The van der Waals surface area contributed by atoms with E-state index < -0.39 is 60.3 Å². The Bertz CT molecular complexity index is 3510. The van der Waals surface area contributed by atoms with Gasteiger partial charge in [-0.15, -0.1) is 11.8 Å². The summed E-state index contributed by atoms with van der Waals surface area (Å²) in [6.45, 7) is 2.28. The van der Waals surface area contributed by atoms with Crippen molar-refractivity contribution in [1.82, 2.24) is 38.4 Å². The van der Waals surface area contributed by atoms with E-state index in [0.29, 0.717) is 39.1 Å². The van der Waals surface area contributed by atoms with Gasteiger partial charge in [-0.2, -0.15) is 18.4 Å². The van der Waals surface area contributed by atoms with Crippen LogP contribution in [-0.2, 0) is 47.3 Å². The van der Waals surface area contributed by atoms with Gasteiger partial charge in [0, 0.05) is 35.8 Å². The van der Waals surface area contributed by atoms with Crippen molar-refractivity contribution in [3.8, 4) is 17.5 Å². The highest BCUT2D eigenvalue weighted by atomic mass is 35.5. The predicted octanol–water partition coefficient (Wildman–Crippen LogP) is 5.59. The third-order valence-corrected chi connectivity index (χ3v) is 15.4. The van der Waals surface area contributed by atoms with Gasteiger partial charge in [0.25, 0.3) is 10.0 Å². The van der Waals surface area contributed by atoms with Crippen molar-refractivity contribution < 1.29 is 59.7 Å². The highest BCUT2D eigenvalue weighted by Gasteiger charge is 2.33. The molecule has 0 unspecified atom stereocenters. The summed E-state index contributed by atoms with van der Waals surface area (Å²) in [5.41, 5.74) is 0.729. The molecule has 1 aliphatic heterocycles. The lowest BCUT2D eigenvalue weighted by molar-refractivity contribution is -0.139. The molecule has 8 rings (SSSR count). The number of ether oxygens (including phenoxy) is 4. The second-order valence-electron chi connectivity index (χ2n) is 14.3. The topological polar surface area (TPSA) is 296 Å². The average molecular weight is 1110 g/mol. The van der Waals surface area contributed by atoms with E-state index in [1.54, 1.807) is 50.6 Å². The number of hydrogen-bond acceptors (Lipinski definition) is 19. The zero-order valence-corrected chi connectivity index (χ0v) is 42.8. The quantitative estimate of drug-likeness (QED) is 0.0883. The van der Waals surface area contributed by atoms with E-state index in [9.17, 15) is 40.4 Å². The Labute approximate surface area is 426 Å². The number of aliphatic carboxylic acids is 1. The van der Waals surface area contributed by atoms with E-state index in [0.717, 1.165) is 51.8 Å². The minimum atomic E-state index is -4.68. The molecule has 0 atom stereocenters. The number of urea groups is 1. The minimum absolute atomic E-state index is 0.0584. The lowest BCUT2D eigenvalue weighted by Gasteiger charge is -2.15. The molecule has 0 fully saturated rings. The number of esters is 1. The summed E-state index contributed by atoms with van der Waals surface area (Å²) in [6, 6.07) is 14.1. The van der Waals surface area contributed by atoms with Crippen LogP contribution in [0.1, 0.15) is 19.8 Å². The number of fused-ring (bicyclic) bond motifs is 3. The van der Waals surface area contributed by atoms with E-state index in [-0.39, 0.29) is 50.4 Å². The Morgan fingerprint density at radius 1 is 0.931 bits per heavy atom. The number of nitrogens with one attached hydrogen (secondary N) is 2. The molecule has 0 saturated carbocycles. The van der Waals surface area contributed by atoms with Crippen molar-refractivity contribution in [2.24, 2.45) is 4.99 Å². The molecule has 1 aliphatic rings. The van der Waals surface area contributed by atoms with Crippen LogP contribution in [0.5, 0.6) is 17.5 Å². The van der Waals surface area contributed by atoms with Crippen LogP contribution in [0.2, 0.25) is 10.0 Å². The predicted molar refractivity (Wildman–Crippen MR) is 262 cm³/mol. The normalized spacial score (nSPS) is 12.4. The first-order chi connectivity index (χ1) is 34.3. The molecular formula is C42H41Cl2FN10O13S4. The Morgan fingerprint density at radius 2 is 1.64 bits per heavy atom. The van der Waals surface area contributed by atoms with Gasteiger partial charge in [0.2, 0.25) is 22.5 Å². The van der Waals surface area contributed by atoms with Gasteiger partial charge in [-0.1, -0.05) is 36.2 Å². The smallest absolute Gasteiger partial charge is 0.341 e. The summed E-state index contributed by atoms with van der Waals surface area (Å²) >= 11 is 14.2. The maximum absolute atomic E-state index is 14.3. The van der Waals surface area contributed by atoms with Gasteiger partial charge in [-0.25, -0.2) is 41.8 Å². The number of hydrogen-bond donors (Lipinski definition) is 3. The summed E-state index contributed by atoms with van der Waals surface area (Å²) in [5.74, 6) is -2.10. The van der Waals surface area contributed by atoms with Crippen molar-refractivity contribution >= 4 is 112 Å². The molecule has 0 saturated heterocycles. The number of rotatable bonds is 14. The zero-order chi connectivity index (χ0) is 52.3. The van der Waals surface area contributed by atoms with E-state index in [4.69, 9.17) is 42.5 Å². The molecule has 72 heavy (non-hydrogen) atoms. The number of methoxy groups -OCH3 is 3. The summed E-state index contributed by atoms with van der Waals surface area (Å²) in [7, 11) is -4.75. The number of benzene rings is 2. The number of amides is 2. The van der Waals surface area contributed by atoms with Gasteiger partial charge < -0.3 is 24.1 Å². The van der Waals surface area contributed by atoms with Crippen molar-refractivity contribution in [3.63, 3.8) is 0 Å². The number of aromatic nitrogens is 7. The van der Waals surface area contributed by atoms with Gasteiger partial charge in [-0.3, -0.25) is 29.0 Å². The number of anilines is 1. The van der Waals surface area contributed by atoms with Crippen molar-refractivity contribution in [2.45, 2.75) is 47.8 Å². The molecule has 0 radical (unpaired) electrons. The lowest BCUT2D eigenvalue weighted by Crippen LogP contribution is -2.36. The van der Waals surface area contributed by atoms with E-state index >= 15 is 0 Å². The number of sulfonamides is 1. The SMILES string of the molecule is CCS(=O)(=O)c1nc2ccccn2c1S(=O)(=O)NC(=O)Nc1nc(OC)cc(OC)n1.COC(=O)CSc1cc(N=c2sc(=O)n3n2CCCC3)c(F)cc1Cl.O=C(O)COc1ccc(Cl)c2cccnc12. The summed E-state index contributed by atoms with van der Waals surface area (Å²) in [4.78, 5) is 67.0. The fourth-order valence-electron chi connectivity index (χ4n) is 6.30. The Morgan fingerprint density at radius 3 is 2.31 bits per heavy atom. The second-order valence-corrected chi connectivity index (χ2v) is 20.9.